The number of carboxylic acids is 2. The lowest BCUT2D eigenvalue weighted by molar-refractivity contribution is -0.164. The van der Waals surface area contributed by atoms with Crippen molar-refractivity contribution in [2.24, 2.45) is 28.6 Å². The maximum Gasteiger partial charge on any atom is 0.353 e. The maximum atomic E-state index is 16.2. The second kappa shape index (κ2) is 20.8. The summed E-state index contributed by atoms with van der Waals surface area (Å²) in [6, 6.07) is 9.27. The first-order valence-corrected chi connectivity index (χ1v) is 27.4. The van der Waals surface area contributed by atoms with Crippen molar-refractivity contribution in [2.45, 2.75) is 144 Å². The predicted molar refractivity (Wildman–Crippen MR) is 273 cm³/mol. The zero-order chi connectivity index (χ0) is 51.1. The minimum absolute atomic E-state index is 0.0764. The fourth-order valence-electron chi connectivity index (χ4n) is 14.6. The zero-order valence-corrected chi connectivity index (χ0v) is 42.3. The van der Waals surface area contributed by atoms with Crippen LogP contribution in [0.15, 0.2) is 71.3 Å². The highest BCUT2D eigenvalue weighted by atomic mass is 32.2. The number of carboxylic acid groups (broad SMARTS) is 2. The molecule has 3 fully saturated rings. The van der Waals surface area contributed by atoms with E-state index in [4.69, 9.17) is 4.74 Å². The zero-order valence-electron chi connectivity index (χ0n) is 41.5. The van der Waals surface area contributed by atoms with Gasteiger partial charge in [-0.2, -0.15) is 0 Å². The van der Waals surface area contributed by atoms with Gasteiger partial charge >= 0.3 is 17.9 Å². The van der Waals surface area contributed by atoms with Gasteiger partial charge in [0.2, 0.25) is 23.8 Å². The standard InChI is InChI=1S/C56H68N6O10S/c1-57-32-60-56(71,51(68)69)25-16-41(63)61-40(48(64)62-49(65)50(66)67)31-73-47-45-44-37(9-3-2-4-20-53(47)21-5-6-22-53)30-38(29-33-17-26-58-27-18-33)46-54(44,52(70)72-45)23-8-12-34-10-7-11-35-13-14-36-19-28-59-55(46)24-15-39(42(34)35)43(36)55/h7,10-11,13-14,17-18,26-27,36-37,39-40,43,47,49,57,59-60,65,71H,2-6,9,12,15-16,19-22,24-25,28-32H2,1H3,(H,61,63)(H,62,64)(H,66,67)(H,68,69)/t36-,37-,39+,40+,43-,47+,49+,54+,55+,56-/m1/s1. The van der Waals surface area contributed by atoms with Crippen LogP contribution >= 0.6 is 11.8 Å². The summed E-state index contributed by atoms with van der Waals surface area (Å²) in [5, 5.41) is 54.3. The van der Waals surface area contributed by atoms with Crippen molar-refractivity contribution in [1.82, 2.24) is 31.6 Å². The van der Waals surface area contributed by atoms with Gasteiger partial charge in [-0.1, -0.05) is 79.9 Å². The number of allylic oxidation sites excluding steroid dienone is 2. The van der Waals surface area contributed by atoms with Crippen LogP contribution in [-0.2, 0) is 41.6 Å². The molecule has 0 radical (unpaired) electrons. The van der Waals surface area contributed by atoms with Crippen molar-refractivity contribution in [1.29, 1.82) is 0 Å². The van der Waals surface area contributed by atoms with Gasteiger partial charge in [0.1, 0.15) is 11.8 Å². The van der Waals surface area contributed by atoms with Crippen LogP contribution in [0.2, 0.25) is 0 Å². The molecule has 17 heteroatoms. The second-order valence-corrected chi connectivity index (χ2v) is 22.9. The summed E-state index contributed by atoms with van der Waals surface area (Å²) >= 11 is 1.40. The summed E-state index contributed by atoms with van der Waals surface area (Å²) in [6.07, 6.45) is 17.8. The number of esters is 1. The summed E-state index contributed by atoms with van der Waals surface area (Å²) in [6.45, 7) is 0.698. The molecule has 4 bridgehead atoms. The van der Waals surface area contributed by atoms with Gasteiger partial charge in [0.25, 0.3) is 0 Å². The first-order chi connectivity index (χ1) is 35.2. The number of hydrogen-bond donors (Lipinski definition) is 9. The Bertz CT molecular complexity index is 2690. The molecular weight excluding hydrogens is 949 g/mol. The minimum Gasteiger partial charge on any atom is -0.478 e. The molecule has 10 rings (SSSR count). The van der Waals surface area contributed by atoms with Gasteiger partial charge < -0.3 is 46.4 Å². The number of thioether (sulfide) groups is 1. The van der Waals surface area contributed by atoms with E-state index in [1.165, 1.54) is 34.0 Å². The number of hydrogen-bond acceptors (Lipinski definition) is 13. The number of piperidine rings is 1. The van der Waals surface area contributed by atoms with Gasteiger partial charge in [0, 0.05) is 55.2 Å². The van der Waals surface area contributed by atoms with Crippen molar-refractivity contribution >= 4 is 47.6 Å². The summed E-state index contributed by atoms with van der Waals surface area (Å²) in [5.41, 5.74) is 3.29. The molecule has 2 amide bonds. The Hall–Kier alpha value is -5.35. The number of aliphatic hydroxyl groups excluding tert-OH is 1. The molecule has 2 aliphatic heterocycles. The quantitative estimate of drug-likeness (QED) is 0.0474. The summed E-state index contributed by atoms with van der Waals surface area (Å²) in [5.74, 6) is 3.11. The monoisotopic (exact) mass is 1020 g/mol. The van der Waals surface area contributed by atoms with E-state index in [9.17, 15) is 39.6 Å². The molecule has 73 heavy (non-hydrogen) atoms. The van der Waals surface area contributed by atoms with Crippen LogP contribution < -0.4 is 26.6 Å². The number of rotatable bonds is 16. The number of ether oxygens (including phenoxy) is 1. The molecular formula is C56H68N6O10S. The molecule has 16 nitrogen and oxygen atoms in total. The van der Waals surface area contributed by atoms with Gasteiger partial charge in [-0.15, -0.1) is 11.8 Å². The number of carbonyl (C=O) groups excluding carboxylic acids is 3. The first-order valence-electron chi connectivity index (χ1n) is 26.3. The Morgan fingerprint density at radius 1 is 1.00 bits per heavy atom. The van der Waals surface area contributed by atoms with Crippen molar-refractivity contribution < 1.29 is 49.1 Å². The lowest BCUT2D eigenvalue weighted by Crippen LogP contribution is -2.62. The minimum atomic E-state index is -2.47. The van der Waals surface area contributed by atoms with E-state index in [1.807, 2.05) is 12.4 Å². The average molecular weight is 1020 g/mol. The Labute approximate surface area is 430 Å². The highest BCUT2D eigenvalue weighted by molar-refractivity contribution is 8.00. The Kier molecular flexibility index (Phi) is 14.5. The summed E-state index contributed by atoms with van der Waals surface area (Å²) < 4.78 is 7.08. The molecule has 2 saturated carbocycles. The van der Waals surface area contributed by atoms with Gasteiger partial charge in [0.05, 0.1) is 5.25 Å². The van der Waals surface area contributed by atoms with Gasteiger partial charge in [0.15, 0.2) is 5.41 Å². The summed E-state index contributed by atoms with van der Waals surface area (Å²) in [4.78, 5) is 72.3. The van der Waals surface area contributed by atoms with Gasteiger partial charge in [-0.3, -0.25) is 19.9 Å². The number of aliphatic hydroxyl groups is 2. The van der Waals surface area contributed by atoms with E-state index in [2.05, 4.69) is 85.9 Å². The Balaban J connectivity index is 1.13. The molecule has 10 atom stereocenters. The summed E-state index contributed by atoms with van der Waals surface area (Å²) in [7, 11) is 1.55. The fourth-order valence-corrected chi connectivity index (χ4v) is 16.3. The normalized spacial score (nSPS) is 30.1. The average Bonchev–Trinajstić information content (AvgIpc) is 4.08. The maximum absolute atomic E-state index is 16.2. The highest BCUT2D eigenvalue weighted by Gasteiger charge is 2.68. The molecule has 1 aromatic heterocycles. The topological polar surface area (TPSA) is 249 Å². The molecule has 2 spiro atoms. The molecule has 9 N–H and O–H groups in total. The molecule has 1 aromatic carbocycles. The van der Waals surface area contributed by atoms with Crippen LogP contribution in [0.5, 0.6) is 0 Å². The third-order valence-corrected chi connectivity index (χ3v) is 19.2. The van der Waals surface area contributed by atoms with Crippen LogP contribution in [-0.4, -0.2) is 110 Å². The molecule has 2 aromatic rings. The van der Waals surface area contributed by atoms with E-state index in [1.54, 1.807) is 7.05 Å². The fraction of sp³-hybridized carbons (Fsp3) is 0.571. The SMILES string of the molecule is CNCN[C@@](O)(CCC(=O)N[C@@H](CS[C@H]1C2=C3[C@H](CCCCCC14CCCC4)CC(Cc1ccncc1)=C1[C@@]3(C#CCc3cccc4c3[C@@H]3CC[C@@]15NCC[C@@H](C=C4)[C@H]35)C(=O)O2)C(=O)N[C@@H](O)C(=O)O)C(=O)O. The van der Waals surface area contributed by atoms with Crippen molar-refractivity contribution in [3.8, 4) is 11.8 Å². The first kappa shape index (κ1) is 51.1. The number of aromatic nitrogens is 1. The highest BCUT2D eigenvalue weighted by Crippen LogP contribution is 2.68. The predicted octanol–water partition coefficient (Wildman–Crippen LogP) is 4.82. The number of aliphatic carboxylic acids is 2. The molecule has 6 aliphatic carbocycles. The van der Waals surface area contributed by atoms with Crippen LogP contribution in [0, 0.1) is 40.4 Å². The Morgan fingerprint density at radius 2 is 1.78 bits per heavy atom. The molecule has 0 unspecified atom stereocenters. The van der Waals surface area contributed by atoms with Gasteiger partial charge in [-0.25, -0.2) is 14.4 Å². The van der Waals surface area contributed by atoms with Gasteiger partial charge in [-0.05, 0) is 140 Å². The number of nitrogens with zero attached hydrogens (tertiary/aromatic N) is 1. The third kappa shape index (κ3) is 9.24. The molecule has 1 saturated heterocycles. The lowest BCUT2D eigenvalue weighted by atomic mass is 9.52. The van der Waals surface area contributed by atoms with Crippen LogP contribution in [0.25, 0.3) is 6.08 Å². The molecule has 8 aliphatic rings. The number of pyridine rings is 1. The molecule has 388 valence electrons. The van der Waals surface area contributed by atoms with Crippen LogP contribution in [0.4, 0.5) is 0 Å². The van der Waals surface area contributed by atoms with E-state index < -0.39 is 70.8 Å². The number of benzene rings is 1. The number of carbonyl (C=O) groups is 5. The van der Waals surface area contributed by atoms with E-state index in [-0.39, 0.29) is 47.5 Å². The van der Waals surface area contributed by atoms with Crippen molar-refractivity contribution in [3.63, 3.8) is 0 Å². The smallest absolute Gasteiger partial charge is 0.353 e. The Morgan fingerprint density at radius 3 is 2.53 bits per heavy atom. The largest absolute Gasteiger partial charge is 0.478 e. The van der Waals surface area contributed by atoms with Crippen molar-refractivity contribution in [2.75, 3.05) is 26.0 Å². The van der Waals surface area contributed by atoms with E-state index >= 15 is 4.79 Å². The number of amides is 2. The van der Waals surface area contributed by atoms with E-state index in [0.29, 0.717) is 25.0 Å². The van der Waals surface area contributed by atoms with Crippen LogP contribution in [0.3, 0.4) is 0 Å². The van der Waals surface area contributed by atoms with Crippen molar-refractivity contribution in [3.05, 3.63) is 93.5 Å². The van der Waals surface area contributed by atoms with E-state index in [0.717, 1.165) is 100 Å². The molecule has 3 heterocycles. The number of nitrogens with one attached hydrogen (secondary N) is 5. The third-order valence-electron chi connectivity index (χ3n) is 17.7. The lowest BCUT2D eigenvalue weighted by Gasteiger charge is -2.53. The van der Waals surface area contributed by atoms with Crippen LogP contribution in [0.1, 0.15) is 124 Å². The second-order valence-electron chi connectivity index (χ2n) is 21.7.